The fraction of sp³-hybridized carbons (Fsp3) is 0.750. The summed E-state index contributed by atoms with van der Waals surface area (Å²) in [6, 6.07) is 0. The second-order valence-corrected chi connectivity index (χ2v) is 3.14. The van der Waals surface area contributed by atoms with Crippen LogP contribution in [0.15, 0.2) is 12.2 Å². The van der Waals surface area contributed by atoms with Crippen LogP contribution in [0.4, 0.5) is 0 Å². The van der Waals surface area contributed by atoms with Crippen LogP contribution in [0.1, 0.15) is 26.7 Å². The number of nitrogens with one attached hydrogen (secondary N) is 1. The van der Waals surface area contributed by atoms with E-state index in [1.54, 1.807) is 0 Å². The van der Waals surface area contributed by atoms with Gasteiger partial charge in [0.2, 0.25) is 0 Å². The molecule has 0 aromatic rings. The first-order chi connectivity index (χ1) is 4.15. The molecule has 1 saturated heterocycles. The van der Waals surface area contributed by atoms with Crippen LogP contribution in [-0.2, 0) is 0 Å². The highest BCUT2D eigenvalue weighted by molar-refractivity contribution is 5.14. The number of rotatable bonds is 1. The Labute approximate surface area is 57.1 Å². The van der Waals surface area contributed by atoms with Gasteiger partial charge in [0, 0.05) is 5.54 Å². The molecule has 0 saturated carbocycles. The Hall–Kier alpha value is -0.300. The van der Waals surface area contributed by atoms with E-state index in [1.807, 2.05) is 0 Å². The first-order valence-electron chi connectivity index (χ1n) is 3.56. The molecule has 0 radical (unpaired) electrons. The van der Waals surface area contributed by atoms with Gasteiger partial charge in [-0.05, 0) is 33.2 Å². The van der Waals surface area contributed by atoms with E-state index in [-0.39, 0.29) is 5.54 Å². The van der Waals surface area contributed by atoms with Gasteiger partial charge in [0.1, 0.15) is 0 Å². The maximum atomic E-state index is 3.95. The van der Waals surface area contributed by atoms with E-state index in [2.05, 4.69) is 25.7 Å². The molecule has 1 fully saturated rings. The molecule has 1 N–H and O–H groups in total. The van der Waals surface area contributed by atoms with E-state index < -0.39 is 0 Å². The van der Waals surface area contributed by atoms with Crippen molar-refractivity contribution in [1.29, 1.82) is 0 Å². The minimum absolute atomic E-state index is 0.250. The molecule has 0 bridgehead atoms. The largest absolute Gasteiger partial charge is 0.308 e. The maximum Gasteiger partial charge on any atom is 0.0360 e. The summed E-state index contributed by atoms with van der Waals surface area (Å²) >= 11 is 0. The molecule has 1 aliphatic rings. The van der Waals surface area contributed by atoms with Gasteiger partial charge < -0.3 is 5.32 Å². The van der Waals surface area contributed by atoms with Crippen LogP contribution in [0.5, 0.6) is 0 Å². The smallest absolute Gasteiger partial charge is 0.0360 e. The highest BCUT2D eigenvalue weighted by Gasteiger charge is 2.27. The molecular weight excluding hydrogens is 110 g/mol. The molecule has 9 heavy (non-hydrogen) atoms. The molecule has 1 heterocycles. The van der Waals surface area contributed by atoms with Crippen LogP contribution in [0.3, 0.4) is 0 Å². The Morgan fingerprint density at radius 2 is 2.33 bits per heavy atom. The molecule has 52 valence electrons. The Morgan fingerprint density at radius 1 is 1.67 bits per heavy atom. The molecule has 0 amide bonds. The summed E-state index contributed by atoms with van der Waals surface area (Å²) < 4.78 is 0. The summed E-state index contributed by atoms with van der Waals surface area (Å²) in [5.74, 6) is 0. The van der Waals surface area contributed by atoms with Crippen molar-refractivity contribution in [2.75, 3.05) is 6.54 Å². The van der Waals surface area contributed by atoms with Crippen molar-refractivity contribution in [2.24, 2.45) is 0 Å². The SMILES string of the molecule is C=C(C)C1(C)CCCN1. The quantitative estimate of drug-likeness (QED) is 0.526. The van der Waals surface area contributed by atoms with Crippen molar-refractivity contribution < 1.29 is 0 Å². The predicted octanol–water partition coefficient (Wildman–Crippen LogP) is 1.70. The first-order valence-corrected chi connectivity index (χ1v) is 3.56. The lowest BCUT2D eigenvalue weighted by atomic mass is 9.93. The zero-order valence-corrected chi connectivity index (χ0v) is 6.33. The number of hydrogen-bond donors (Lipinski definition) is 1. The van der Waals surface area contributed by atoms with Gasteiger partial charge in [-0.3, -0.25) is 0 Å². The van der Waals surface area contributed by atoms with E-state index in [4.69, 9.17) is 0 Å². The molecule has 0 spiro atoms. The molecule has 0 aliphatic carbocycles. The summed E-state index contributed by atoms with van der Waals surface area (Å²) in [5.41, 5.74) is 1.51. The lowest BCUT2D eigenvalue weighted by Gasteiger charge is -2.24. The van der Waals surface area contributed by atoms with Gasteiger partial charge in [0.25, 0.3) is 0 Å². The lowest BCUT2D eigenvalue weighted by molar-refractivity contribution is 0.490. The van der Waals surface area contributed by atoms with E-state index in [0.717, 1.165) is 6.54 Å². The second-order valence-electron chi connectivity index (χ2n) is 3.14. The Kier molecular flexibility index (Phi) is 1.62. The van der Waals surface area contributed by atoms with Gasteiger partial charge >= 0.3 is 0 Å². The van der Waals surface area contributed by atoms with Crippen molar-refractivity contribution in [3.8, 4) is 0 Å². The summed E-state index contributed by atoms with van der Waals surface area (Å²) in [5, 5.41) is 3.43. The van der Waals surface area contributed by atoms with E-state index in [1.165, 1.54) is 18.4 Å². The van der Waals surface area contributed by atoms with Gasteiger partial charge in [-0.25, -0.2) is 0 Å². The summed E-state index contributed by atoms with van der Waals surface area (Å²) in [6.45, 7) is 9.42. The zero-order chi connectivity index (χ0) is 6.91. The minimum atomic E-state index is 0.250. The number of hydrogen-bond acceptors (Lipinski definition) is 1. The average molecular weight is 125 g/mol. The summed E-state index contributed by atoms with van der Waals surface area (Å²) in [7, 11) is 0. The molecule has 1 unspecified atom stereocenters. The van der Waals surface area contributed by atoms with Crippen molar-refractivity contribution >= 4 is 0 Å². The van der Waals surface area contributed by atoms with Gasteiger partial charge in [0.15, 0.2) is 0 Å². The van der Waals surface area contributed by atoms with Crippen LogP contribution in [0.25, 0.3) is 0 Å². The molecule has 1 atom stereocenters. The Bertz CT molecular complexity index is 121. The monoisotopic (exact) mass is 125 g/mol. The van der Waals surface area contributed by atoms with Crippen LogP contribution in [-0.4, -0.2) is 12.1 Å². The standard InChI is InChI=1S/C8H15N/c1-7(2)8(3)5-4-6-9-8/h9H,1,4-6H2,2-3H3. The minimum Gasteiger partial charge on any atom is -0.308 e. The molecular formula is C8H15N. The lowest BCUT2D eigenvalue weighted by Crippen LogP contribution is -2.36. The summed E-state index contributed by atoms with van der Waals surface area (Å²) in [6.07, 6.45) is 2.55. The molecule has 1 rings (SSSR count). The third kappa shape index (κ3) is 1.16. The topological polar surface area (TPSA) is 12.0 Å². The first kappa shape index (κ1) is 6.81. The average Bonchev–Trinajstić information content (AvgIpc) is 2.16. The van der Waals surface area contributed by atoms with Gasteiger partial charge in [-0.1, -0.05) is 12.2 Å². The van der Waals surface area contributed by atoms with Gasteiger partial charge in [0.05, 0.1) is 0 Å². The fourth-order valence-electron chi connectivity index (χ4n) is 1.26. The molecule has 0 aromatic carbocycles. The zero-order valence-electron chi connectivity index (χ0n) is 6.33. The Balaban J connectivity index is 2.61. The predicted molar refractivity (Wildman–Crippen MR) is 40.5 cm³/mol. The third-order valence-electron chi connectivity index (χ3n) is 2.31. The maximum absolute atomic E-state index is 3.95. The van der Waals surface area contributed by atoms with E-state index in [0.29, 0.717) is 0 Å². The van der Waals surface area contributed by atoms with Crippen molar-refractivity contribution in [1.82, 2.24) is 5.32 Å². The molecule has 1 heteroatoms. The third-order valence-corrected chi connectivity index (χ3v) is 2.31. The second kappa shape index (κ2) is 2.14. The van der Waals surface area contributed by atoms with Crippen LogP contribution in [0.2, 0.25) is 0 Å². The highest BCUT2D eigenvalue weighted by Crippen LogP contribution is 2.24. The van der Waals surface area contributed by atoms with Gasteiger partial charge in [-0.15, -0.1) is 0 Å². The van der Waals surface area contributed by atoms with Crippen molar-refractivity contribution in [3.63, 3.8) is 0 Å². The highest BCUT2D eigenvalue weighted by atomic mass is 15.0. The van der Waals surface area contributed by atoms with Crippen molar-refractivity contribution in [2.45, 2.75) is 32.2 Å². The van der Waals surface area contributed by atoms with Crippen LogP contribution in [0, 0.1) is 0 Å². The van der Waals surface area contributed by atoms with E-state index >= 15 is 0 Å². The normalized spacial score (nSPS) is 34.9. The van der Waals surface area contributed by atoms with Crippen LogP contribution >= 0.6 is 0 Å². The Morgan fingerprint density at radius 3 is 2.56 bits per heavy atom. The van der Waals surface area contributed by atoms with Crippen LogP contribution < -0.4 is 5.32 Å². The van der Waals surface area contributed by atoms with Crippen molar-refractivity contribution in [3.05, 3.63) is 12.2 Å². The molecule has 0 aromatic heterocycles. The van der Waals surface area contributed by atoms with Gasteiger partial charge in [-0.2, -0.15) is 0 Å². The fourth-order valence-corrected chi connectivity index (χ4v) is 1.26. The van der Waals surface area contributed by atoms with E-state index in [9.17, 15) is 0 Å². The molecule has 1 nitrogen and oxygen atoms in total. The summed E-state index contributed by atoms with van der Waals surface area (Å²) in [4.78, 5) is 0. The molecule has 1 aliphatic heterocycles.